The number of hydrogen-bond donors (Lipinski definition) is 2. The lowest BCUT2D eigenvalue weighted by atomic mass is 10.0. The van der Waals surface area contributed by atoms with E-state index in [1.165, 1.54) is 96.3 Å². The van der Waals surface area contributed by atoms with Crippen LogP contribution in [0.3, 0.4) is 0 Å². The van der Waals surface area contributed by atoms with Gasteiger partial charge in [-0.05, 0) is 30.5 Å². The fourth-order valence-electron chi connectivity index (χ4n) is 3.77. The molecular formula is C24H46AlO4P. The molecule has 0 bridgehead atoms. The number of rotatable bonds is 19. The first-order chi connectivity index (χ1) is 14.0. The van der Waals surface area contributed by atoms with Crippen molar-refractivity contribution < 1.29 is 18.9 Å². The Morgan fingerprint density at radius 2 is 1.17 bits per heavy atom. The van der Waals surface area contributed by atoms with Crippen LogP contribution in [0.2, 0.25) is 0 Å². The van der Waals surface area contributed by atoms with Crippen molar-refractivity contribution in [3.63, 3.8) is 0 Å². The minimum Gasteiger partial charge on any atom is -0.404 e. The summed E-state index contributed by atoms with van der Waals surface area (Å²) in [5, 5.41) is 0. The Morgan fingerprint density at radius 1 is 0.733 bits per heavy atom. The van der Waals surface area contributed by atoms with Crippen molar-refractivity contribution in [1.29, 1.82) is 0 Å². The Hall–Kier alpha value is -0.298. The number of phosphoric ester groups is 1. The lowest BCUT2D eigenvalue weighted by molar-refractivity contribution is 0.283. The number of hydrogen-bond acceptors (Lipinski definition) is 2. The summed E-state index contributed by atoms with van der Waals surface area (Å²) in [5.41, 5.74) is 1.07. The van der Waals surface area contributed by atoms with Crippen molar-refractivity contribution in [3.05, 3.63) is 29.8 Å². The third-order valence-electron chi connectivity index (χ3n) is 5.44. The highest BCUT2D eigenvalue weighted by Crippen LogP contribution is 2.37. The first kappa shape index (κ1) is 29.7. The first-order valence-electron chi connectivity index (χ1n) is 11.9. The zero-order valence-corrected chi connectivity index (χ0v) is 19.4. The van der Waals surface area contributed by atoms with Crippen LogP contribution in [0.5, 0.6) is 5.75 Å². The Morgan fingerprint density at radius 3 is 1.60 bits per heavy atom. The Bertz CT molecular complexity index is 562. The molecule has 0 aliphatic heterocycles. The van der Waals surface area contributed by atoms with Crippen molar-refractivity contribution in [1.82, 2.24) is 0 Å². The number of aryl methyl sites for hydroxylation is 1. The standard InChI is InChI=1S/C24H43O4P.Al.3H/c1-2-3-4-5-6-7-8-9-10-11-12-13-14-15-16-17-19-23-20-18-21-24(22-23)28-29(25,26)27;;;;/h18,20-22H,2-17,19H2,1H3,(H2,25,26,27);;;;. The van der Waals surface area contributed by atoms with Gasteiger partial charge in [0.05, 0.1) is 0 Å². The summed E-state index contributed by atoms with van der Waals surface area (Å²) in [6.07, 6.45) is 22.7. The van der Waals surface area contributed by atoms with E-state index in [4.69, 9.17) is 9.79 Å². The SMILES string of the molecule is CCCCCCCCCCCCCCCCCCc1cccc(OP(=O)(O)O)c1.[AlH3]. The Balaban J connectivity index is 0.00000841. The molecule has 4 nitrogen and oxygen atoms in total. The maximum Gasteiger partial charge on any atom is 0.524 e. The monoisotopic (exact) mass is 456 g/mol. The third kappa shape index (κ3) is 18.5. The molecule has 30 heavy (non-hydrogen) atoms. The van der Waals surface area contributed by atoms with E-state index in [1.54, 1.807) is 18.2 Å². The molecule has 0 saturated heterocycles. The van der Waals surface area contributed by atoms with E-state index in [1.807, 2.05) is 6.07 Å². The van der Waals surface area contributed by atoms with Gasteiger partial charge < -0.3 is 4.52 Å². The fraction of sp³-hybridized carbons (Fsp3) is 0.750. The van der Waals surface area contributed by atoms with Gasteiger partial charge in [-0.2, -0.15) is 0 Å². The lowest BCUT2D eigenvalue weighted by Crippen LogP contribution is -1.92. The van der Waals surface area contributed by atoms with Gasteiger partial charge in [0.1, 0.15) is 5.75 Å². The van der Waals surface area contributed by atoms with Crippen molar-refractivity contribution in [2.75, 3.05) is 0 Å². The predicted molar refractivity (Wildman–Crippen MR) is 132 cm³/mol. The second-order valence-corrected chi connectivity index (χ2v) is 9.45. The van der Waals surface area contributed by atoms with E-state index in [2.05, 4.69) is 11.4 Å². The molecule has 2 N–H and O–H groups in total. The molecule has 0 amide bonds. The summed E-state index contributed by atoms with van der Waals surface area (Å²) >= 11 is 0. The van der Waals surface area contributed by atoms with Crippen LogP contribution in [0.1, 0.15) is 115 Å². The molecule has 0 aromatic heterocycles. The minimum atomic E-state index is -4.47. The molecule has 0 aliphatic carbocycles. The van der Waals surface area contributed by atoms with Crippen molar-refractivity contribution >= 4 is 25.2 Å². The lowest BCUT2D eigenvalue weighted by Gasteiger charge is -2.08. The number of unbranched alkanes of at least 4 members (excludes halogenated alkanes) is 15. The van der Waals surface area contributed by atoms with E-state index in [9.17, 15) is 4.57 Å². The quantitative estimate of drug-likeness (QED) is 0.137. The third-order valence-corrected chi connectivity index (χ3v) is 5.89. The predicted octanol–water partition coefficient (Wildman–Crippen LogP) is 6.78. The highest BCUT2D eigenvalue weighted by atomic mass is 31.2. The summed E-state index contributed by atoms with van der Waals surface area (Å²) in [6, 6.07) is 7.07. The van der Waals surface area contributed by atoms with E-state index in [0.29, 0.717) is 0 Å². The topological polar surface area (TPSA) is 66.8 Å². The van der Waals surface area contributed by atoms with Crippen LogP contribution in [-0.4, -0.2) is 27.1 Å². The molecule has 174 valence electrons. The highest BCUT2D eigenvalue weighted by molar-refractivity contribution is 7.46. The molecule has 1 rings (SSSR count). The van der Waals surface area contributed by atoms with Crippen LogP contribution in [0.25, 0.3) is 0 Å². The summed E-state index contributed by atoms with van der Waals surface area (Å²) in [4.78, 5) is 17.8. The van der Waals surface area contributed by atoms with Gasteiger partial charge in [-0.25, -0.2) is 4.57 Å². The average Bonchev–Trinajstić information content (AvgIpc) is 2.66. The maximum absolute atomic E-state index is 10.9. The molecule has 0 heterocycles. The van der Waals surface area contributed by atoms with Gasteiger partial charge in [-0.15, -0.1) is 0 Å². The van der Waals surface area contributed by atoms with E-state index >= 15 is 0 Å². The van der Waals surface area contributed by atoms with Gasteiger partial charge in [0.2, 0.25) is 0 Å². The van der Waals surface area contributed by atoms with Crippen LogP contribution in [0, 0.1) is 0 Å². The normalized spacial score (nSPS) is 11.3. The van der Waals surface area contributed by atoms with Gasteiger partial charge >= 0.3 is 7.82 Å². The molecule has 0 unspecified atom stereocenters. The number of benzene rings is 1. The van der Waals surface area contributed by atoms with Gasteiger partial charge in [0, 0.05) is 0 Å². The first-order valence-corrected chi connectivity index (χ1v) is 13.4. The molecule has 0 spiro atoms. The van der Waals surface area contributed by atoms with E-state index in [0.717, 1.165) is 18.4 Å². The summed E-state index contributed by atoms with van der Waals surface area (Å²) in [5.74, 6) is 0.243. The van der Waals surface area contributed by atoms with Crippen LogP contribution in [-0.2, 0) is 11.0 Å². The zero-order valence-electron chi connectivity index (χ0n) is 18.5. The molecule has 0 radical (unpaired) electrons. The molecule has 6 heteroatoms. The van der Waals surface area contributed by atoms with Gasteiger partial charge in [0.25, 0.3) is 0 Å². The molecule has 0 atom stereocenters. The molecule has 0 aliphatic rings. The van der Waals surface area contributed by atoms with Crippen LogP contribution >= 0.6 is 7.82 Å². The largest absolute Gasteiger partial charge is 0.524 e. The molecule has 0 saturated carbocycles. The fourth-order valence-corrected chi connectivity index (χ4v) is 4.16. The molecule has 1 aromatic rings. The van der Waals surface area contributed by atoms with Gasteiger partial charge in [0.15, 0.2) is 17.4 Å². The van der Waals surface area contributed by atoms with Crippen LogP contribution in [0.15, 0.2) is 24.3 Å². The van der Waals surface area contributed by atoms with Gasteiger partial charge in [-0.1, -0.05) is 115 Å². The second-order valence-electron chi connectivity index (χ2n) is 8.28. The Labute approximate surface area is 195 Å². The zero-order chi connectivity index (χ0) is 21.2. The van der Waals surface area contributed by atoms with Crippen molar-refractivity contribution in [2.45, 2.75) is 116 Å². The van der Waals surface area contributed by atoms with Gasteiger partial charge in [-0.3, -0.25) is 9.79 Å². The Kier molecular flexibility index (Phi) is 19.2. The second kappa shape index (κ2) is 19.4. The van der Waals surface area contributed by atoms with Crippen molar-refractivity contribution in [2.24, 2.45) is 0 Å². The maximum atomic E-state index is 10.9. The van der Waals surface area contributed by atoms with Crippen LogP contribution < -0.4 is 4.52 Å². The molecule has 1 aromatic carbocycles. The number of phosphoric acid groups is 1. The summed E-state index contributed by atoms with van der Waals surface area (Å²) in [7, 11) is -4.47. The summed E-state index contributed by atoms with van der Waals surface area (Å²) < 4.78 is 15.5. The molecule has 0 fully saturated rings. The van der Waals surface area contributed by atoms with E-state index in [-0.39, 0.29) is 23.1 Å². The average molecular weight is 457 g/mol. The van der Waals surface area contributed by atoms with E-state index < -0.39 is 7.82 Å². The minimum absolute atomic E-state index is 0. The summed E-state index contributed by atoms with van der Waals surface area (Å²) in [6.45, 7) is 2.27. The van der Waals surface area contributed by atoms with Crippen LogP contribution in [0.4, 0.5) is 0 Å². The molecular weight excluding hydrogens is 410 g/mol. The smallest absolute Gasteiger partial charge is 0.404 e. The highest BCUT2D eigenvalue weighted by Gasteiger charge is 2.15. The van der Waals surface area contributed by atoms with Crippen molar-refractivity contribution in [3.8, 4) is 5.75 Å².